The monoisotopic (exact) mass is 172 g/mol. The second kappa shape index (κ2) is 7.67. The maximum atomic E-state index is 3.40. The van der Waals surface area contributed by atoms with E-state index in [1.165, 1.54) is 39.5 Å². The van der Waals surface area contributed by atoms with Gasteiger partial charge >= 0.3 is 0 Å². The van der Waals surface area contributed by atoms with E-state index < -0.39 is 0 Å². The van der Waals surface area contributed by atoms with Gasteiger partial charge in [-0.05, 0) is 0 Å². The third-order valence-corrected chi connectivity index (χ3v) is 1.80. The lowest BCUT2D eigenvalue weighted by Gasteiger charge is -1.88. The molecule has 0 radical (unpaired) electrons. The fourth-order valence-electron chi connectivity index (χ4n) is 0.698. The molecule has 0 saturated heterocycles. The molecule has 0 aliphatic carbocycles. The van der Waals surface area contributed by atoms with E-state index in [4.69, 9.17) is 0 Å². The molecule has 0 fully saturated rings. The second-order valence-corrected chi connectivity index (χ2v) is 2.90. The van der Waals surface area contributed by atoms with Gasteiger partial charge in [0.1, 0.15) is 0 Å². The molecule has 0 N–H and O–H groups in total. The SMILES string of the molecule is CBBBCCCBr. The first-order valence-electron chi connectivity index (χ1n) is 3.47. The standard InChI is InChI=1S/C4H12B3Br/c1-5-7-6-3-2-4-8/h5-7H,2-4H2,1H3. The molecule has 0 nitrogen and oxygen atoms in total. The molecule has 0 amide bonds. The topological polar surface area (TPSA) is 0 Å². The summed E-state index contributed by atoms with van der Waals surface area (Å²) in [5.41, 5.74) is 0. The van der Waals surface area contributed by atoms with Crippen LogP contribution in [0.5, 0.6) is 0 Å². The van der Waals surface area contributed by atoms with Gasteiger partial charge in [0.2, 0.25) is 0 Å². The van der Waals surface area contributed by atoms with Gasteiger partial charge in [0.15, 0.2) is 0 Å². The van der Waals surface area contributed by atoms with Gasteiger partial charge in [0, 0.05) is 5.33 Å². The predicted octanol–water partition coefficient (Wildman–Crippen LogP) is 0.377. The highest BCUT2D eigenvalue weighted by atomic mass is 79.9. The summed E-state index contributed by atoms with van der Waals surface area (Å²) in [7, 11) is 4.18. The molecule has 44 valence electrons. The van der Waals surface area contributed by atoms with Crippen LogP contribution in [0.25, 0.3) is 0 Å². The first-order chi connectivity index (χ1) is 3.91. The summed E-state index contributed by atoms with van der Waals surface area (Å²) in [5, 5.41) is 1.18. The molecule has 8 heavy (non-hydrogen) atoms. The van der Waals surface area contributed by atoms with Crippen LogP contribution in [0.2, 0.25) is 13.1 Å². The maximum absolute atomic E-state index is 3.40. The van der Waals surface area contributed by atoms with Crippen molar-refractivity contribution in [3.05, 3.63) is 0 Å². The van der Waals surface area contributed by atoms with Crippen LogP contribution in [-0.2, 0) is 0 Å². The molecule has 0 aromatic rings. The molecule has 0 spiro atoms. The molecule has 0 atom stereocenters. The van der Waals surface area contributed by atoms with Gasteiger partial charge in [0.05, 0.1) is 21.4 Å². The lowest BCUT2D eigenvalue weighted by molar-refractivity contribution is 1.11. The Hall–Kier alpha value is 0.675. The molecule has 0 aliphatic rings. The van der Waals surface area contributed by atoms with E-state index in [2.05, 4.69) is 22.8 Å². The third-order valence-electron chi connectivity index (χ3n) is 1.24. The first-order valence-corrected chi connectivity index (χ1v) is 4.60. The Balaban J connectivity index is 2.53. The molecule has 0 rings (SSSR count). The first kappa shape index (κ1) is 8.67. The van der Waals surface area contributed by atoms with Gasteiger partial charge in [-0.25, -0.2) is 0 Å². The minimum atomic E-state index is 1.18. The number of rotatable bonds is 5. The zero-order valence-electron chi connectivity index (χ0n) is 5.62. The summed E-state index contributed by atoms with van der Waals surface area (Å²) in [6.07, 6.45) is 2.75. The van der Waals surface area contributed by atoms with Gasteiger partial charge < -0.3 is 0 Å². The van der Waals surface area contributed by atoms with Crippen molar-refractivity contribution < 1.29 is 0 Å². The summed E-state index contributed by atoms with van der Waals surface area (Å²) in [6.45, 7) is 2.24. The number of hydrogen-bond donors (Lipinski definition) is 0. The number of hydrogen-bond acceptors (Lipinski definition) is 0. The summed E-state index contributed by atoms with van der Waals surface area (Å²) in [6, 6.07) is 0. The van der Waals surface area contributed by atoms with Crippen molar-refractivity contribution in [2.75, 3.05) is 5.33 Å². The van der Waals surface area contributed by atoms with Crippen LogP contribution < -0.4 is 0 Å². The summed E-state index contributed by atoms with van der Waals surface area (Å²) in [4.78, 5) is 0. The largest absolute Gasteiger partial charge is 0.0966 e. The zero-order chi connectivity index (χ0) is 6.24. The molecule has 0 unspecified atom stereocenters. The lowest BCUT2D eigenvalue weighted by atomic mass is 9.19. The molecule has 0 aromatic carbocycles. The fourth-order valence-corrected chi connectivity index (χ4v) is 1.09. The van der Waals surface area contributed by atoms with Crippen molar-refractivity contribution in [1.29, 1.82) is 0 Å². The molecular weight excluding hydrogens is 160 g/mol. The maximum Gasteiger partial charge on any atom is 0.0784 e. The summed E-state index contributed by atoms with van der Waals surface area (Å²) in [5.74, 6) is 0. The van der Waals surface area contributed by atoms with E-state index in [9.17, 15) is 0 Å². The Kier molecular flexibility index (Phi) is 8.32. The van der Waals surface area contributed by atoms with Crippen molar-refractivity contribution >= 4 is 37.3 Å². The van der Waals surface area contributed by atoms with Gasteiger partial charge in [-0.15, -0.1) is 0 Å². The summed E-state index contributed by atoms with van der Waals surface area (Å²) < 4.78 is 0. The van der Waals surface area contributed by atoms with Crippen molar-refractivity contribution in [3.8, 4) is 0 Å². The highest BCUT2D eigenvalue weighted by Crippen LogP contribution is 1.91. The van der Waals surface area contributed by atoms with Crippen molar-refractivity contribution in [2.24, 2.45) is 0 Å². The van der Waals surface area contributed by atoms with E-state index >= 15 is 0 Å². The van der Waals surface area contributed by atoms with Crippen molar-refractivity contribution in [2.45, 2.75) is 19.6 Å². The zero-order valence-corrected chi connectivity index (χ0v) is 7.21. The van der Waals surface area contributed by atoms with Crippen LogP contribution in [0.3, 0.4) is 0 Å². The van der Waals surface area contributed by atoms with E-state index in [1.54, 1.807) is 0 Å². The highest BCUT2D eigenvalue weighted by Gasteiger charge is 1.89. The van der Waals surface area contributed by atoms with E-state index in [0.29, 0.717) is 0 Å². The van der Waals surface area contributed by atoms with Crippen LogP contribution in [0.15, 0.2) is 0 Å². The molecule has 0 aliphatic heterocycles. The molecule has 0 bridgehead atoms. The van der Waals surface area contributed by atoms with Gasteiger partial charge in [-0.3, -0.25) is 0 Å². The Morgan fingerprint density at radius 1 is 1.50 bits per heavy atom. The van der Waals surface area contributed by atoms with Gasteiger partial charge in [-0.2, -0.15) is 0 Å². The molecular formula is C4H12B3Br. The lowest BCUT2D eigenvalue weighted by Crippen LogP contribution is -2.08. The number of alkyl halides is 1. The van der Waals surface area contributed by atoms with Crippen molar-refractivity contribution in [3.63, 3.8) is 0 Å². The predicted molar refractivity (Wildman–Crippen MR) is 50.5 cm³/mol. The average molecular weight is 172 g/mol. The molecule has 4 heteroatoms. The van der Waals surface area contributed by atoms with Crippen LogP contribution >= 0.6 is 15.9 Å². The normalized spacial score (nSPS) is 8.25. The van der Waals surface area contributed by atoms with Gasteiger partial charge in [0.25, 0.3) is 0 Å². The molecule has 0 heterocycles. The van der Waals surface area contributed by atoms with Crippen LogP contribution in [0.4, 0.5) is 0 Å². The fraction of sp³-hybridized carbons (Fsp3) is 1.00. The van der Waals surface area contributed by atoms with Crippen LogP contribution in [-0.4, -0.2) is 26.7 Å². The third kappa shape index (κ3) is 6.67. The summed E-state index contributed by atoms with van der Waals surface area (Å²) >= 11 is 3.40. The average Bonchev–Trinajstić information content (AvgIpc) is 1.81. The molecule has 0 saturated carbocycles. The van der Waals surface area contributed by atoms with Crippen molar-refractivity contribution in [1.82, 2.24) is 0 Å². The Labute approximate surface area is 62.6 Å². The Morgan fingerprint density at radius 2 is 2.25 bits per heavy atom. The quantitative estimate of drug-likeness (QED) is 0.320. The number of halogens is 1. The molecule has 0 aromatic heterocycles. The Morgan fingerprint density at radius 3 is 2.75 bits per heavy atom. The van der Waals surface area contributed by atoms with E-state index in [0.717, 1.165) is 0 Å². The van der Waals surface area contributed by atoms with Crippen LogP contribution in [0, 0.1) is 0 Å². The minimum absolute atomic E-state index is 1.18. The minimum Gasteiger partial charge on any atom is -0.0966 e. The Bertz CT molecular complexity index is 36.3. The second-order valence-electron chi connectivity index (χ2n) is 2.10. The van der Waals surface area contributed by atoms with E-state index in [-0.39, 0.29) is 0 Å². The highest BCUT2D eigenvalue weighted by molar-refractivity contribution is 9.09. The van der Waals surface area contributed by atoms with E-state index in [1.807, 2.05) is 0 Å². The smallest absolute Gasteiger partial charge is 0.0784 e. The van der Waals surface area contributed by atoms with Crippen LogP contribution in [0.1, 0.15) is 6.42 Å². The van der Waals surface area contributed by atoms with Gasteiger partial charge in [-0.1, -0.05) is 35.5 Å².